The first kappa shape index (κ1) is 12.2. The maximum atomic E-state index is 5.61. The van der Waals surface area contributed by atoms with Crippen molar-refractivity contribution >= 4 is 0 Å². The van der Waals surface area contributed by atoms with Crippen molar-refractivity contribution in [3.63, 3.8) is 0 Å². The van der Waals surface area contributed by atoms with Crippen LogP contribution in [-0.4, -0.2) is 24.5 Å². The fourth-order valence-electron chi connectivity index (χ4n) is 1.93. The van der Waals surface area contributed by atoms with Crippen LogP contribution in [0.2, 0.25) is 0 Å². The molecule has 0 saturated carbocycles. The predicted octanol–water partition coefficient (Wildman–Crippen LogP) is 2.25. The minimum absolute atomic E-state index is 0.607. The second kappa shape index (κ2) is 6.59. The molecule has 0 aliphatic heterocycles. The molecule has 1 aromatic rings. The number of hydrogen-bond acceptors (Lipinski definition) is 2. The molecule has 0 bridgehead atoms. The van der Waals surface area contributed by atoms with Crippen molar-refractivity contribution in [3.8, 4) is 0 Å². The molecule has 0 aliphatic rings. The van der Waals surface area contributed by atoms with Crippen molar-refractivity contribution in [1.29, 1.82) is 0 Å². The average molecular weight is 206 g/mol. The molecule has 15 heavy (non-hydrogen) atoms. The number of rotatable bonds is 6. The van der Waals surface area contributed by atoms with Crippen LogP contribution in [0.3, 0.4) is 0 Å². The van der Waals surface area contributed by atoms with Gasteiger partial charge in [0, 0.05) is 12.6 Å². The molecule has 2 N–H and O–H groups in total. The zero-order valence-corrected chi connectivity index (χ0v) is 9.82. The van der Waals surface area contributed by atoms with Gasteiger partial charge in [-0.05, 0) is 32.0 Å². The molecule has 1 aromatic carbocycles. The highest BCUT2D eigenvalue weighted by atomic mass is 15.1. The van der Waals surface area contributed by atoms with E-state index in [9.17, 15) is 0 Å². The van der Waals surface area contributed by atoms with E-state index in [1.807, 2.05) is 0 Å². The average Bonchev–Trinajstić information content (AvgIpc) is 2.27. The summed E-state index contributed by atoms with van der Waals surface area (Å²) >= 11 is 0. The Bertz CT molecular complexity index is 258. The predicted molar refractivity (Wildman–Crippen MR) is 65.7 cm³/mol. The van der Waals surface area contributed by atoms with Crippen LogP contribution in [0.1, 0.15) is 25.3 Å². The Morgan fingerprint density at radius 3 is 2.47 bits per heavy atom. The van der Waals surface area contributed by atoms with Crippen LogP contribution in [0.5, 0.6) is 0 Å². The summed E-state index contributed by atoms with van der Waals surface area (Å²) in [5, 5.41) is 0. The highest BCUT2D eigenvalue weighted by Gasteiger charge is 2.11. The number of hydrogen-bond donors (Lipinski definition) is 1. The van der Waals surface area contributed by atoms with Gasteiger partial charge < -0.3 is 5.73 Å². The topological polar surface area (TPSA) is 29.3 Å². The molecule has 0 saturated heterocycles. The quantitative estimate of drug-likeness (QED) is 0.773. The van der Waals surface area contributed by atoms with Crippen LogP contribution in [0.15, 0.2) is 30.3 Å². The third-order valence-electron chi connectivity index (χ3n) is 2.87. The van der Waals surface area contributed by atoms with Crippen LogP contribution in [0.25, 0.3) is 0 Å². The Morgan fingerprint density at radius 1 is 1.27 bits per heavy atom. The van der Waals surface area contributed by atoms with E-state index in [1.54, 1.807) is 0 Å². The summed E-state index contributed by atoms with van der Waals surface area (Å²) in [6.07, 6.45) is 2.25. The summed E-state index contributed by atoms with van der Waals surface area (Å²) in [7, 11) is 2.18. The molecule has 1 unspecified atom stereocenters. The van der Waals surface area contributed by atoms with E-state index in [0.717, 1.165) is 19.5 Å². The third-order valence-corrected chi connectivity index (χ3v) is 2.87. The lowest BCUT2D eigenvalue weighted by atomic mass is 10.1. The van der Waals surface area contributed by atoms with Crippen molar-refractivity contribution in [3.05, 3.63) is 35.9 Å². The van der Waals surface area contributed by atoms with Crippen molar-refractivity contribution in [2.24, 2.45) is 5.73 Å². The van der Waals surface area contributed by atoms with Crippen LogP contribution in [0, 0.1) is 0 Å². The highest BCUT2D eigenvalue weighted by Crippen LogP contribution is 2.10. The van der Waals surface area contributed by atoms with Gasteiger partial charge in [0.1, 0.15) is 0 Å². The maximum Gasteiger partial charge on any atom is 0.0233 e. The summed E-state index contributed by atoms with van der Waals surface area (Å²) in [6.45, 7) is 4.01. The zero-order chi connectivity index (χ0) is 11.1. The summed E-state index contributed by atoms with van der Waals surface area (Å²) in [4.78, 5) is 2.39. The molecule has 1 atom stereocenters. The van der Waals surface area contributed by atoms with Crippen molar-refractivity contribution in [1.82, 2.24) is 4.90 Å². The summed E-state index contributed by atoms with van der Waals surface area (Å²) in [6, 6.07) is 11.2. The lowest BCUT2D eigenvalue weighted by Gasteiger charge is -2.26. The number of nitrogens with zero attached hydrogens (tertiary/aromatic N) is 1. The zero-order valence-electron chi connectivity index (χ0n) is 9.82. The van der Waals surface area contributed by atoms with Crippen molar-refractivity contribution in [2.75, 3.05) is 13.6 Å². The molecule has 0 radical (unpaired) electrons. The Hall–Kier alpha value is -0.860. The van der Waals surface area contributed by atoms with E-state index in [0.29, 0.717) is 6.04 Å². The van der Waals surface area contributed by atoms with E-state index < -0.39 is 0 Å². The molecule has 0 aromatic heterocycles. The lowest BCUT2D eigenvalue weighted by Crippen LogP contribution is -2.32. The molecule has 1 rings (SSSR count). The maximum absolute atomic E-state index is 5.61. The van der Waals surface area contributed by atoms with Crippen LogP contribution >= 0.6 is 0 Å². The van der Waals surface area contributed by atoms with Crippen LogP contribution in [-0.2, 0) is 6.54 Å². The molecule has 0 fully saturated rings. The molecule has 0 heterocycles. The van der Waals surface area contributed by atoms with Crippen molar-refractivity contribution < 1.29 is 0 Å². The van der Waals surface area contributed by atoms with Gasteiger partial charge in [-0.3, -0.25) is 4.90 Å². The fourth-order valence-corrected chi connectivity index (χ4v) is 1.93. The first-order valence-electron chi connectivity index (χ1n) is 5.72. The first-order chi connectivity index (χ1) is 7.27. The van der Waals surface area contributed by atoms with E-state index in [2.05, 4.69) is 49.2 Å². The molecule has 0 amide bonds. The molecular weight excluding hydrogens is 184 g/mol. The normalized spacial score (nSPS) is 13.1. The van der Waals surface area contributed by atoms with Gasteiger partial charge in [0.05, 0.1) is 0 Å². The van der Waals surface area contributed by atoms with Gasteiger partial charge in [0.15, 0.2) is 0 Å². The minimum Gasteiger partial charge on any atom is -0.330 e. The Morgan fingerprint density at radius 2 is 1.93 bits per heavy atom. The Balaban J connectivity index is 2.50. The smallest absolute Gasteiger partial charge is 0.0233 e. The number of nitrogens with two attached hydrogens (primary N) is 1. The summed E-state index contributed by atoms with van der Waals surface area (Å²) in [5.74, 6) is 0. The largest absolute Gasteiger partial charge is 0.330 e. The van der Waals surface area contributed by atoms with Gasteiger partial charge >= 0.3 is 0 Å². The van der Waals surface area contributed by atoms with E-state index >= 15 is 0 Å². The monoisotopic (exact) mass is 206 g/mol. The second-order valence-electron chi connectivity index (χ2n) is 4.04. The Kier molecular flexibility index (Phi) is 5.37. The number of benzene rings is 1. The van der Waals surface area contributed by atoms with E-state index in [-0.39, 0.29) is 0 Å². The van der Waals surface area contributed by atoms with Gasteiger partial charge in [-0.25, -0.2) is 0 Å². The van der Waals surface area contributed by atoms with Gasteiger partial charge in [-0.2, -0.15) is 0 Å². The van der Waals surface area contributed by atoms with Gasteiger partial charge in [0.2, 0.25) is 0 Å². The first-order valence-corrected chi connectivity index (χ1v) is 5.72. The Labute approximate surface area is 93.1 Å². The highest BCUT2D eigenvalue weighted by molar-refractivity contribution is 5.14. The van der Waals surface area contributed by atoms with Crippen molar-refractivity contribution in [2.45, 2.75) is 32.4 Å². The second-order valence-corrected chi connectivity index (χ2v) is 4.04. The fraction of sp³-hybridized carbons (Fsp3) is 0.538. The minimum atomic E-state index is 0.607. The molecule has 2 heteroatoms. The van der Waals surface area contributed by atoms with Gasteiger partial charge in [-0.1, -0.05) is 37.3 Å². The van der Waals surface area contributed by atoms with Crippen LogP contribution < -0.4 is 5.73 Å². The molecule has 0 spiro atoms. The van der Waals surface area contributed by atoms with E-state index in [1.165, 1.54) is 12.0 Å². The van der Waals surface area contributed by atoms with Gasteiger partial charge in [-0.15, -0.1) is 0 Å². The molecule has 84 valence electrons. The lowest BCUT2D eigenvalue weighted by molar-refractivity contribution is 0.218. The van der Waals surface area contributed by atoms with Crippen LogP contribution in [0.4, 0.5) is 0 Å². The van der Waals surface area contributed by atoms with E-state index in [4.69, 9.17) is 5.73 Å². The molecular formula is C13H22N2. The third kappa shape index (κ3) is 4.02. The standard InChI is InChI=1S/C13H22N2/c1-3-13(9-10-14)15(2)11-12-7-5-4-6-8-12/h4-8,13H,3,9-11,14H2,1-2H3. The van der Waals surface area contributed by atoms with Gasteiger partial charge in [0.25, 0.3) is 0 Å². The molecule has 2 nitrogen and oxygen atoms in total. The summed E-state index contributed by atoms with van der Waals surface area (Å²) in [5.41, 5.74) is 6.98. The molecule has 0 aliphatic carbocycles. The summed E-state index contributed by atoms with van der Waals surface area (Å²) < 4.78 is 0. The SMILES string of the molecule is CCC(CCN)N(C)Cc1ccccc1.